The van der Waals surface area contributed by atoms with Gasteiger partial charge in [-0.05, 0) is 6.92 Å². The molecule has 8 nitrogen and oxygen atoms in total. The van der Waals surface area contributed by atoms with Crippen LogP contribution in [0.2, 0.25) is 0 Å². The minimum atomic E-state index is -3.58. The Bertz CT molecular complexity index is 623. The van der Waals surface area contributed by atoms with Gasteiger partial charge in [0.2, 0.25) is 16.0 Å². The van der Waals surface area contributed by atoms with Crippen molar-refractivity contribution in [3.05, 3.63) is 31.1 Å². The number of rotatable bonds is 7. The monoisotopic (exact) mass is 296 g/mol. The van der Waals surface area contributed by atoms with Crippen molar-refractivity contribution in [2.75, 3.05) is 18.4 Å². The molecule has 2 N–H and O–H groups in total. The molecule has 108 valence electrons. The van der Waals surface area contributed by atoms with Gasteiger partial charge in [0.25, 0.3) is 0 Å². The van der Waals surface area contributed by atoms with Gasteiger partial charge in [0.1, 0.15) is 4.90 Å². The average Bonchev–Trinajstić information content (AvgIpc) is 2.93. The number of nitrogens with one attached hydrogen (secondary N) is 2. The predicted molar refractivity (Wildman–Crippen MR) is 73.6 cm³/mol. The third kappa shape index (κ3) is 3.75. The Kier molecular flexibility index (Phi) is 4.64. The van der Waals surface area contributed by atoms with Crippen LogP contribution in [0.1, 0.15) is 6.92 Å². The maximum Gasteiger partial charge on any atom is 0.243 e. The van der Waals surface area contributed by atoms with E-state index in [0.29, 0.717) is 19.0 Å². The van der Waals surface area contributed by atoms with E-state index in [1.54, 1.807) is 23.3 Å². The van der Waals surface area contributed by atoms with Crippen LogP contribution in [0, 0.1) is 0 Å². The summed E-state index contributed by atoms with van der Waals surface area (Å²) in [7, 11) is -3.58. The van der Waals surface area contributed by atoms with E-state index in [0.717, 1.165) is 0 Å². The van der Waals surface area contributed by atoms with E-state index in [1.807, 2.05) is 6.92 Å². The zero-order valence-electron chi connectivity index (χ0n) is 11.0. The summed E-state index contributed by atoms with van der Waals surface area (Å²) < 4.78 is 28.3. The second-order valence-corrected chi connectivity index (χ2v) is 5.74. The quantitative estimate of drug-likeness (QED) is 0.750. The summed E-state index contributed by atoms with van der Waals surface area (Å²) in [6.45, 7) is 3.37. The number of hydrogen-bond acceptors (Lipinski definition) is 6. The molecule has 0 amide bonds. The third-order valence-electron chi connectivity index (χ3n) is 2.49. The molecule has 0 aromatic carbocycles. The van der Waals surface area contributed by atoms with Crippen LogP contribution in [-0.2, 0) is 16.6 Å². The van der Waals surface area contributed by atoms with Crippen LogP contribution in [0.5, 0.6) is 0 Å². The van der Waals surface area contributed by atoms with Crippen molar-refractivity contribution in [3.63, 3.8) is 0 Å². The summed E-state index contributed by atoms with van der Waals surface area (Å²) in [5.41, 5.74) is 0. The molecule has 0 unspecified atom stereocenters. The van der Waals surface area contributed by atoms with E-state index in [9.17, 15) is 8.42 Å². The fourth-order valence-electron chi connectivity index (χ4n) is 1.52. The molecule has 0 saturated carbocycles. The van der Waals surface area contributed by atoms with Gasteiger partial charge in [-0.25, -0.2) is 28.1 Å². The van der Waals surface area contributed by atoms with Crippen molar-refractivity contribution in [2.24, 2.45) is 0 Å². The molecule has 2 rings (SSSR count). The van der Waals surface area contributed by atoms with Crippen LogP contribution in [0.25, 0.3) is 0 Å². The molecule has 0 atom stereocenters. The number of hydrogen-bond donors (Lipinski definition) is 2. The number of anilines is 1. The van der Waals surface area contributed by atoms with Crippen LogP contribution in [0.4, 0.5) is 5.95 Å². The van der Waals surface area contributed by atoms with Crippen molar-refractivity contribution in [1.82, 2.24) is 24.2 Å². The summed E-state index contributed by atoms with van der Waals surface area (Å²) >= 11 is 0. The Labute approximate surface area is 117 Å². The molecule has 2 aromatic heterocycles. The van der Waals surface area contributed by atoms with Crippen molar-refractivity contribution in [2.45, 2.75) is 18.4 Å². The van der Waals surface area contributed by atoms with E-state index in [1.165, 1.54) is 12.4 Å². The van der Waals surface area contributed by atoms with Crippen molar-refractivity contribution < 1.29 is 8.42 Å². The lowest BCUT2D eigenvalue weighted by Gasteiger charge is -2.07. The lowest BCUT2D eigenvalue weighted by molar-refractivity contribution is 0.572. The van der Waals surface area contributed by atoms with Crippen molar-refractivity contribution in [3.8, 4) is 0 Å². The molecule has 0 bridgehead atoms. The highest BCUT2D eigenvalue weighted by molar-refractivity contribution is 7.89. The van der Waals surface area contributed by atoms with Crippen LogP contribution < -0.4 is 10.0 Å². The Morgan fingerprint density at radius 3 is 2.65 bits per heavy atom. The van der Waals surface area contributed by atoms with E-state index in [4.69, 9.17) is 0 Å². The highest BCUT2D eigenvalue weighted by Gasteiger charge is 2.14. The fourth-order valence-corrected chi connectivity index (χ4v) is 2.43. The van der Waals surface area contributed by atoms with Crippen LogP contribution in [0.15, 0.2) is 36.0 Å². The van der Waals surface area contributed by atoms with E-state index >= 15 is 0 Å². The average molecular weight is 296 g/mol. The molecule has 0 aliphatic heterocycles. The van der Waals surface area contributed by atoms with Gasteiger partial charge < -0.3 is 9.88 Å². The van der Waals surface area contributed by atoms with Gasteiger partial charge in [-0.15, -0.1) is 0 Å². The Balaban J connectivity index is 1.95. The molecule has 0 aliphatic rings. The third-order valence-corrected chi connectivity index (χ3v) is 3.91. The van der Waals surface area contributed by atoms with E-state index in [-0.39, 0.29) is 11.4 Å². The smallest absolute Gasteiger partial charge is 0.243 e. The predicted octanol–water partition coefficient (Wildman–Crippen LogP) is 0.0834. The lowest BCUT2D eigenvalue weighted by atomic mass is 10.6. The molecular formula is C11H16N6O2S. The molecular weight excluding hydrogens is 280 g/mol. The molecule has 0 radical (unpaired) electrons. The minimum Gasteiger partial charge on any atom is -0.355 e. The van der Waals surface area contributed by atoms with Gasteiger partial charge in [0.15, 0.2) is 0 Å². The summed E-state index contributed by atoms with van der Waals surface area (Å²) in [5.74, 6) is 0.407. The SMILES string of the molecule is CCNc1ncc(S(=O)(=O)NCCn2ccnc2)cn1. The second kappa shape index (κ2) is 6.44. The topological polar surface area (TPSA) is 102 Å². The first-order chi connectivity index (χ1) is 9.62. The van der Waals surface area contributed by atoms with Crippen molar-refractivity contribution in [1.29, 1.82) is 0 Å². The Morgan fingerprint density at radius 1 is 1.30 bits per heavy atom. The zero-order valence-corrected chi connectivity index (χ0v) is 11.8. The number of imidazole rings is 1. The molecule has 9 heteroatoms. The first-order valence-corrected chi connectivity index (χ1v) is 7.61. The molecule has 0 fully saturated rings. The first kappa shape index (κ1) is 14.4. The molecule has 0 saturated heterocycles. The largest absolute Gasteiger partial charge is 0.355 e. The highest BCUT2D eigenvalue weighted by atomic mass is 32.2. The van der Waals surface area contributed by atoms with Gasteiger partial charge >= 0.3 is 0 Å². The van der Waals surface area contributed by atoms with E-state index < -0.39 is 10.0 Å². The number of nitrogens with zero attached hydrogens (tertiary/aromatic N) is 4. The number of sulfonamides is 1. The lowest BCUT2D eigenvalue weighted by Crippen LogP contribution is -2.27. The maximum absolute atomic E-state index is 12.0. The van der Waals surface area contributed by atoms with Crippen LogP contribution in [0.3, 0.4) is 0 Å². The van der Waals surface area contributed by atoms with Crippen LogP contribution >= 0.6 is 0 Å². The van der Waals surface area contributed by atoms with Gasteiger partial charge in [-0.3, -0.25) is 0 Å². The maximum atomic E-state index is 12.0. The normalized spacial score (nSPS) is 11.4. The zero-order chi connectivity index (χ0) is 14.4. The first-order valence-electron chi connectivity index (χ1n) is 6.13. The van der Waals surface area contributed by atoms with Crippen LogP contribution in [-0.4, -0.2) is 41.0 Å². The summed E-state index contributed by atoms with van der Waals surface area (Å²) in [6.07, 6.45) is 7.60. The fraction of sp³-hybridized carbons (Fsp3) is 0.364. The molecule has 0 aliphatic carbocycles. The standard InChI is InChI=1S/C11H16N6O2S/c1-2-13-11-14-7-10(8-15-11)20(18,19)16-4-6-17-5-3-12-9-17/h3,5,7-9,16H,2,4,6H2,1H3,(H,13,14,15). The Hall–Kier alpha value is -2.00. The second-order valence-electron chi connectivity index (χ2n) is 3.97. The minimum absolute atomic E-state index is 0.0461. The summed E-state index contributed by atoms with van der Waals surface area (Å²) in [4.78, 5) is 11.8. The summed E-state index contributed by atoms with van der Waals surface area (Å²) in [6, 6.07) is 0. The molecule has 2 heterocycles. The van der Waals surface area contributed by atoms with Gasteiger partial charge in [-0.2, -0.15) is 0 Å². The highest BCUT2D eigenvalue weighted by Crippen LogP contribution is 2.06. The van der Waals surface area contributed by atoms with E-state index in [2.05, 4.69) is 25.0 Å². The van der Waals surface area contributed by atoms with Crippen molar-refractivity contribution >= 4 is 16.0 Å². The van der Waals surface area contributed by atoms with Gasteiger partial charge in [0, 0.05) is 32.0 Å². The number of aromatic nitrogens is 4. The van der Waals surface area contributed by atoms with Gasteiger partial charge in [-0.1, -0.05) is 0 Å². The van der Waals surface area contributed by atoms with Gasteiger partial charge in [0.05, 0.1) is 18.7 Å². The molecule has 20 heavy (non-hydrogen) atoms. The molecule has 0 spiro atoms. The Morgan fingerprint density at radius 2 is 2.05 bits per heavy atom. The summed E-state index contributed by atoms with van der Waals surface area (Å²) in [5, 5.41) is 2.90. The molecule has 2 aromatic rings.